The van der Waals surface area contributed by atoms with Crippen LogP contribution in [0.3, 0.4) is 0 Å². The van der Waals surface area contributed by atoms with Crippen molar-refractivity contribution in [1.29, 1.82) is 0 Å². The first-order chi connectivity index (χ1) is 14.3. The SMILES string of the molecule is Cc1nc(S(=O)(=O)N2CCC(C(=O)N(Cc3ccccc3F)C3CC3)CC2)cn1C. The second kappa shape index (κ2) is 8.11. The summed E-state index contributed by atoms with van der Waals surface area (Å²) in [6.07, 6.45) is 4.32. The molecule has 0 bridgehead atoms. The van der Waals surface area contributed by atoms with Gasteiger partial charge in [0.1, 0.15) is 11.6 Å². The number of halogens is 1. The van der Waals surface area contributed by atoms with Crippen molar-refractivity contribution in [2.24, 2.45) is 13.0 Å². The number of aromatic nitrogens is 2. The first-order valence-corrected chi connectivity index (χ1v) is 11.8. The van der Waals surface area contributed by atoms with Gasteiger partial charge < -0.3 is 9.47 Å². The third kappa shape index (κ3) is 4.13. The van der Waals surface area contributed by atoms with Crippen molar-refractivity contribution in [2.45, 2.75) is 50.2 Å². The number of amides is 1. The molecule has 2 aliphatic rings. The Morgan fingerprint density at radius 3 is 2.43 bits per heavy atom. The number of hydrogen-bond donors (Lipinski definition) is 0. The third-order valence-electron chi connectivity index (χ3n) is 6.06. The van der Waals surface area contributed by atoms with Gasteiger partial charge >= 0.3 is 0 Å². The summed E-state index contributed by atoms with van der Waals surface area (Å²) in [7, 11) is -1.91. The van der Waals surface area contributed by atoms with Crippen molar-refractivity contribution < 1.29 is 17.6 Å². The second-order valence-electron chi connectivity index (χ2n) is 8.20. The van der Waals surface area contributed by atoms with Gasteiger partial charge in [-0.1, -0.05) is 18.2 Å². The molecular weight excluding hydrogens is 407 g/mol. The molecule has 1 amide bonds. The van der Waals surface area contributed by atoms with Crippen molar-refractivity contribution in [3.8, 4) is 0 Å². The number of rotatable bonds is 6. The lowest BCUT2D eigenvalue weighted by atomic mass is 9.96. The Hall–Kier alpha value is -2.26. The van der Waals surface area contributed by atoms with Crippen LogP contribution in [-0.4, -0.2) is 52.2 Å². The summed E-state index contributed by atoms with van der Waals surface area (Å²) in [6.45, 7) is 2.59. The highest BCUT2D eigenvalue weighted by Crippen LogP contribution is 2.33. The fraction of sp³-hybridized carbons (Fsp3) is 0.524. The molecule has 4 rings (SSSR count). The van der Waals surface area contributed by atoms with Crippen molar-refractivity contribution >= 4 is 15.9 Å². The number of imidazole rings is 1. The quantitative estimate of drug-likeness (QED) is 0.700. The van der Waals surface area contributed by atoms with E-state index in [4.69, 9.17) is 0 Å². The summed E-state index contributed by atoms with van der Waals surface area (Å²) < 4.78 is 42.9. The second-order valence-corrected chi connectivity index (χ2v) is 10.1. The number of benzene rings is 1. The summed E-state index contributed by atoms with van der Waals surface area (Å²) >= 11 is 0. The highest BCUT2D eigenvalue weighted by Gasteiger charge is 2.39. The van der Waals surface area contributed by atoms with Gasteiger partial charge in [0.15, 0.2) is 5.03 Å². The van der Waals surface area contributed by atoms with Crippen molar-refractivity contribution in [3.05, 3.63) is 47.7 Å². The molecule has 0 spiro atoms. The molecule has 9 heteroatoms. The van der Waals surface area contributed by atoms with Gasteiger partial charge in [-0.15, -0.1) is 0 Å². The van der Waals surface area contributed by atoms with Crippen molar-refractivity contribution in [3.63, 3.8) is 0 Å². The zero-order valence-electron chi connectivity index (χ0n) is 17.3. The van der Waals surface area contributed by atoms with Gasteiger partial charge in [-0.05, 0) is 38.7 Å². The Kier molecular flexibility index (Phi) is 5.67. The molecule has 0 N–H and O–H groups in total. The van der Waals surface area contributed by atoms with E-state index in [0.29, 0.717) is 24.2 Å². The van der Waals surface area contributed by atoms with E-state index >= 15 is 0 Å². The van der Waals surface area contributed by atoms with E-state index < -0.39 is 10.0 Å². The van der Waals surface area contributed by atoms with Gasteiger partial charge in [0, 0.05) is 50.4 Å². The Morgan fingerprint density at radius 1 is 1.20 bits per heavy atom. The molecule has 0 unspecified atom stereocenters. The molecule has 1 aromatic heterocycles. The number of hydrogen-bond acceptors (Lipinski definition) is 4. The van der Waals surface area contributed by atoms with E-state index in [-0.39, 0.29) is 48.3 Å². The van der Waals surface area contributed by atoms with E-state index in [1.54, 1.807) is 41.6 Å². The van der Waals surface area contributed by atoms with Gasteiger partial charge in [0.2, 0.25) is 5.91 Å². The minimum absolute atomic E-state index is 0.00600. The summed E-state index contributed by atoms with van der Waals surface area (Å²) in [6, 6.07) is 6.70. The Morgan fingerprint density at radius 2 is 1.87 bits per heavy atom. The normalized spacial score (nSPS) is 18.5. The summed E-state index contributed by atoms with van der Waals surface area (Å²) in [5.74, 6) is 0.0927. The van der Waals surface area contributed by atoms with Gasteiger partial charge in [0.25, 0.3) is 10.0 Å². The first kappa shape index (κ1) is 21.0. The molecule has 1 aliphatic heterocycles. The number of nitrogens with zero attached hydrogens (tertiary/aromatic N) is 4. The van der Waals surface area contributed by atoms with Crippen LogP contribution in [0.2, 0.25) is 0 Å². The minimum Gasteiger partial charge on any atom is -0.337 e. The van der Waals surface area contributed by atoms with Gasteiger partial charge in [0.05, 0.1) is 0 Å². The molecule has 1 aliphatic carbocycles. The highest BCUT2D eigenvalue weighted by atomic mass is 32.2. The van der Waals surface area contributed by atoms with Crippen LogP contribution in [0.1, 0.15) is 37.1 Å². The predicted octanol–water partition coefficient (Wildman–Crippen LogP) is 2.46. The zero-order valence-corrected chi connectivity index (χ0v) is 18.1. The highest BCUT2D eigenvalue weighted by molar-refractivity contribution is 7.89. The van der Waals surface area contributed by atoms with Crippen LogP contribution >= 0.6 is 0 Å². The number of piperidine rings is 1. The molecule has 30 heavy (non-hydrogen) atoms. The maximum absolute atomic E-state index is 14.1. The third-order valence-corrected chi connectivity index (χ3v) is 7.83. The Bertz CT molecular complexity index is 1020. The smallest absolute Gasteiger partial charge is 0.262 e. The number of sulfonamides is 1. The molecule has 2 aromatic rings. The molecule has 1 aromatic carbocycles. The maximum Gasteiger partial charge on any atom is 0.262 e. The lowest BCUT2D eigenvalue weighted by Gasteiger charge is -2.33. The number of aryl methyl sites for hydroxylation is 2. The van der Waals surface area contributed by atoms with Crippen LogP contribution < -0.4 is 0 Å². The minimum atomic E-state index is -3.66. The largest absolute Gasteiger partial charge is 0.337 e. The van der Waals surface area contributed by atoms with Gasteiger partial charge in [-0.25, -0.2) is 17.8 Å². The average Bonchev–Trinajstić information content (AvgIpc) is 3.51. The van der Waals surface area contributed by atoms with Crippen LogP contribution in [0.15, 0.2) is 35.5 Å². The molecule has 0 radical (unpaired) electrons. The lowest BCUT2D eigenvalue weighted by molar-refractivity contribution is -0.138. The summed E-state index contributed by atoms with van der Waals surface area (Å²) in [5, 5.41) is 0.0476. The average molecular weight is 435 g/mol. The number of carbonyl (C=O) groups is 1. The summed E-state index contributed by atoms with van der Waals surface area (Å²) in [4.78, 5) is 19.1. The van der Waals surface area contributed by atoms with Crippen LogP contribution in [-0.2, 0) is 28.4 Å². The van der Waals surface area contributed by atoms with Crippen molar-refractivity contribution in [1.82, 2.24) is 18.8 Å². The van der Waals surface area contributed by atoms with Crippen LogP contribution in [0.4, 0.5) is 4.39 Å². The van der Waals surface area contributed by atoms with E-state index in [9.17, 15) is 17.6 Å². The number of carbonyl (C=O) groups excluding carboxylic acids is 1. The van der Waals surface area contributed by atoms with Crippen LogP contribution in [0.5, 0.6) is 0 Å². The first-order valence-electron chi connectivity index (χ1n) is 10.3. The summed E-state index contributed by atoms with van der Waals surface area (Å²) in [5.41, 5.74) is 0.517. The van der Waals surface area contributed by atoms with E-state index in [2.05, 4.69) is 4.98 Å². The monoisotopic (exact) mass is 434 g/mol. The van der Waals surface area contributed by atoms with Crippen LogP contribution in [0.25, 0.3) is 0 Å². The zero-order chi connectivity index (χ0) is 21.5. The molecular formula is C21H27FN4O3S. The molecule has 2 heterocycles. The maximum atomic E-state index is 14.1. The lowest BCUT2D eigenvalue weighted by Crippen LogP contribution is -2.45. The Labute approximate surface area is 176 Å². The molecule has 7 nitrogen and oxygen atoms in total. The fourth-order valence-corrected chi connectivity index (χ4v) is 5.44. The van der Waals surface area contributed by atoms with E-state index in [1.807, 2.05) is 0 Å². The molecule has 162 valence electrons. The van der Waals surface area contributed by atoms with Crippen LogP contribution in [0, 0.1) is 18.7 Å². The molecule has 1 saturated heterocycles. The standard InChI is InChI=1S/C21H27FN4O3S/c1-15-23-20(14-24(15)2)30(28,29)25-11-9-16(10-12-25)21(27)26(18-7-8-18)13-17-5-3-4-6-19(17)22/h3-6,14,16,18H,7-13H2,1-2H3. The predicted molar refractivity (Wildman–Crippen MR) is 109 cm³/mol. The fourth-order valence-electron chi connectivity index (χ4n) is 3.94. The molecule has 2 fully saturated rings. The Balaban J connectivity index is 1.42. The molecule has 1 saturated carbocycles. The topological polar surface area (TPSA) is 75.5 Å². The van der Waals surface area contributed by atoms with Crippen molar-refractivity contribution in [2.75, 3.05) is 13.1 Å². The molecule has 0 atom stereocenters. The van der Waals surface area contributed by atoms with Gasteiger partial charge in [-0.3, -0.25) is 4.79 Å². The van der Waals surface area contributed by atoms with E-state index in [1.165, 1.54) is 16.6 Å². The van der Waals surface area contributed by atoms with E-state index in [0.717, 1.165) is 12.8 Å². The van der Waals surface area contributed by atoms with Gasteiger partial charge in [-0.2, -0.15) is 4.31 Å².